The lowest BCUT2D eigenvalue weighted by Crippen LogP contribution is -2.31. The molecule has 1 atom stereocenters. The molecule has 0 saturated heterocycles. The number of nitrogens with zero attached hydrogens (tertiary/aromatic N) is 3. The van der Waals surface area contributed by atoms with Crippen LogP contribution in [0, 0.1) is 0 Å². The van der Waals surface area contributed by atoms with Crippen LogP contribution in [0.25, 0.3) is 10.9 Å². The van der Waals surface area contributed by atoms with Crippen molar-refractivity contribution in [2.24, 2.45) is 0 Å². The molecule has 0 spiro atoms. The van der Waals surface area contributed by atoms with Gasteiger partial charge in [0.15, 0.2) is 0 Å². The highest BCUT2D eigenvalue weighted by Crippen LogP contribution is 2.23. The van der Waals surface area contributed by atoms with Gasteiger partial charge in [-0.25, -0.2) is 0 Å². The molecular weight excluding hydrogens is 412 g/mol. The Morgan fingerprint density at radius 2 is 1.93 bits per heavy atom. The van der Waals surface area contributed by atoms with E-state index in [2.05, 4.69) is 46.9 Å². The van der Waals surface area contributed by atoms with Crippen LogP contribution in [0.5, 0.6) is 0 Å². The van der Waals surface area contributed by atoms with Gasteiger partial charge in [-0.1, -0.05) is 51.5 Å². The van der Waals surface area contributed by atoms with Crippen LogP contribution in [0.1, 0.15) is 27.8 Å². The third kappa shape index (κ3) is 3.49. The Labute approximate surface area is 161 Å². The normalized spacial score (nSPS) is 12.0. The average Bonchev–Trinajstić information content (AvgIpc) is 3.21. The van der Waals surface area contributed by atoms with Crippen LogP contribution in [0.2, 0.25) is 0 Å². The van der Waals surface area contributed by atoms with E-state index in [0.29, 0.717) is 16.7 Å². The van der Waals surface area contributed by atoms with E-state index in [0.717, 1.165) is 10.0 Å². The molecule has 1 amide bonds. The zero-order chi connectivity index (χ0) is 18.8. The van der Waals surface area contributed by atoms with Gasteiger partial charge in [0.2, 0.25) is 11.4 Å². The van der Waals surface area contributed by atoms with Gasteiger partial charge in [0.1, 0.15) is 6.04 Å². The second-order valence-corrected chi connectivity index (χ2v) is 6.74. The molecule has 1 unspecified atom stereocenters. The molecule has 3 N–H and O–H groups in total. The second kappa shape index (κ2) is 7.12. The van der Waals surface area contributed by atoms with Crippen LogP contribution >= 0.6 is 15.9 Å². The van der Waals surface area contributed by atoms with Gasteiger partial charge >= 0.3 is 0 Å². The minimum absolute atomic E-state index is 0.263. The van der Waals surface area contributed by atoms with Gasteiger partial charge in [-0.15, -0.1) is 10.2 Å². The van der Waals surface area contributed by atoms with E-state index in [9.17, 15) is 9.59 Å². The lowest BCUT2D eigenvalue weighted by molar-refractivity contribution is 0.0943. The summed E-state index contributed by atoms with van der Waals surface area (Å²) in [6.45, 7) is 0. The maximum absolute atomic E-state index is 13.0. The molecule has 0 radical (unpaired) electrons. The number of carbonyl (C=O) groups is 1. The number of fused-ring (bicyclic) bond motifs is 1. The van der Waals surface area contributed by atoms with Crippen molar-refractivity contribution >= 4 is 32.7 Å². The number of nitrogens with one attached hydrogen (secondary N) is 3. The van der Waals surface area contributed by atoms with Crippen molar-refractivity contribution < 1.29 is 4.79 Å². The summed E-state index contributed by atoms with van der Waals surface area (Å²) in [4.78, 5) is 27.8. The number of aromatic amines is 2. The molecule has 0 aliphatic heterocycles. The highest BCUT2D eigenvalue weighted by molar-refractivity contribution is 9.10. The van der Waals surface area contributed by atoms with Gasteiger partial charge < -0.3 is 10.3 Å². The quantitative estimate of drug-likeness (QED) is 0.464. The van der Waals surface area contributed by atoms with Gasteiger partial charge in [-0.3, -0.25) is 9.59 Å². The third-order valence-corrected chi connectivity index (χ3v) is 4.57. The van der Waals surface area contributed by atoms with Gasteiger partial charge in [-0.05, 0) is 23.8 Å². The molecule has 0 fully saturated rings. The Morgan fingerprint density at radius 1 is 1.11 bits per heavy atom. The van der Waals surface area contributed by atoms with Crippen molar-refractivity contribution in [2.45, 2.75) is 6.04 Å². The zero-order valence-corrected chi connectivity index (χ0v) is 15.4. The van der Waals surface area contributed by atoms with E-state index < -0.39 is 11.9 Å². The molecule has 0 aliphatic carbocycles. The Kier molecular flexibility index (Phi) is 4.51. The largest absolute Gasteiger partial charge is 0.338 e. The average molecular weight is 425 g/mol. The minimum Gasteiger partial charge on any atom is -0.338 e. The number of hydrogen-bond donors (Lipinski definition) is 3. The van der Waals surface area contributed by atoms with Crippen LogP contribution < -0.4 is 10.9 Å². The van der Waals surface area contributed by atoms with Crippen molar-refractivity contribution in [1.29, 1.82) is 0 Å². The Bertz CT molecular complexity index is 1160. The Morgan fingerprint density at radius 3 is 2.67 bits per heavy atom. The molecule has 9 heteroatoms. The molecule has 4 aromatic rings. The van der Waals surface area contributed by atoms with Crippen molar-refractivity contribution in [3.8, 4) is 0 Å². The van der Waals surface area contributed by atoms with E-state index >= 15 is 0 Å². The number of pyridine rings is 1. The predicted octanol–water partition coefficient (Wildman–Crippen LogP) is 2.32. The third-order valence-electron chi connectivity index (χ3n) is 4.08. The van der Waals surface area contributed by atoms with Crippen LogP contribution in [0.3, 0.4) is 0 Å². The lowest BCUT2D eigenvalue weighted by atomic mass is 10.0. The first-order valence-electron chi connectivity index (χ1n) is 8.03. The molecule has 2 heterocycles. The standard InChI is InChI=1S/C18H13BrN6O2/c19-11-6-7-14-12(8-11)13(9-15(26)20-14)18(27)21-16(17-22-24-25-23-17)10-4-2-1-3-5-10/h1-9,16H,(H,20,26)(H,21,27)(H,22,23,24,25). The van der Waals surface area contributed by atoms with Gasteiger partial charge in [-0.2, -0.15) is 5.21 Å². The van der Waals surface area contributed by atoms with E-state index in [-0.39, 0.29) is 11.1 Å². The van der Waals surface area contributed by atoms with Crippen molar-refractivity contribution in [3.63, 3.8) is 0 Å². The number of aromatic nitrogens is 5. The van der Waals surface area contributed by atoms with E-state index in [1.807, 2.05) is 30.3 Å². The summed E-state index contributed by atoms with van der Waals surface area (Å²) in [7, 11) is 0. The van der Waals surface area contributed by atoms with Gasteiger partial charge in [0.05, 0.1) is 5.56 Å². The number of rotatable bonds is 4. The molecular formula is C18H13BrN6O2. The highest BCUT2D eigenvalue weighted by Gasteiger charge is 2.23. The summed E-state index contributed by atoms with van der Waals surface area (Å²) in [5.41, 5.74) is 1.28. The van der Waals surface area contributed by atoms with E-state index in [1.165, 1.54) is 6.07 Å². The summed E-state index contributed by atoms with van der Waals surface area (Å²) < 4.78 is 0.800. The van der Waals surface area contributed by atoms with Crippen LogP contribution in [-0.2, 0) is 0 Å². The number of benzene rings is 2. The SMILES string of the molecule is O=C(NC(c1ccccc1)c1nn[nH]n1)c1cc(=O)[nH]c2ccc(Br)cc12. The first-order valence-corrected chi connectivity index (χ1v) is 8.83. The van der Waals surface area contributed by atoms with E-state index in [4.69, 9.17) is 0 Å². The van der Waals surface area contributed by atoms with E-state index in [1.54, 1.807) is 18.2 Å². The van der Waals surface area contributed by atoms with Gasteiger partial charge in [0.25, 0.3) is 5.91 Å². The van der Waals surface area contributed by atoms with Crippen LogP contribution in [0.15, 0.2) is 63.9 Å². The van der Waals surface area contributed by atoms with Crippen LogP contribution in [0.4, 0.5) is 0 Å². The number of carbonyl (C=O) groups excluding carboxylic acids is 1. The molecule has 0 aliphatic rings. The van der Waals surface area contributed by atoms with Crippen molar-refractivity contribution in [1.82, 2.24) is 30.9 Å². The lowest BCUT2D eigenvalue weighted by Gasteiger charge is -2.16. The van der Waals surface area contributed by atoms with Gasteiger partial charge in [0, 0.05) is 21.4 Å². The fourth-order valence-corrected chi connectivity index (χ4v) is 3.22. The minimum atomic E-state index is -0.612. The number of halogens is 1. The zero-order valence-electron chi connectivity index (χ0n) is 13.8. The molecule has 2 aromatic heterocycles. The number of tetrazole rings is 1. The van der Waals surface area contributed by atoms with Crippen LogP contribution in [-0.4, -0.2) is 31.5 Å². The molecule has 2 aromatic carbocycles. The smallest absolute Gasteiger partial charge is 0.253 e. The molecule has 27 heavy (non-hydrogen) atoms. The monoisotopic (exact) mass is 424 g/mol. The summed E-state index contributed by atoms with van der Waals surface area (Å²) in [5.74, 6) is -0.0901. The molecule has 4 rings (SSSR count). The molecule has 134 valence electrons. The summed E-state index contributed by atoms with van der Waals surface area (Å²) in [6.07, 6.45) is 0. The molecule has 0 bridgehead atoms. The molecule has 8 nitrogen and oxygen atoms in total. The molecule has 0 saturated carbocycles. The number of hydrogen-bond acceptors (Lipinski definition) is 5. The second-order valence-electron chi connectivity index (χ2n) is 5.82. The van der Waals surface area contributed by atoms with Crippen molar-refractivity contribution in [3.05, 3.63) is 86.4 Å². The number of amides is 1. The summed E-state index contributed by atoms with van der Waals surface area (Å²) >= 11 is 3.40. The predicted molar refractivity (Wildman–Crippen MR) is 102 cm³/mol. The maximum Gasteiger partial charge on any atom is 0.253 e. The summed E-state index contributed by atoms with van der Waals surface area (Å²) in [5, 5.41) is 17.5. The Hall–Kier alpha value is -3.33. The first-order chi connectivity index (χ1) is 13.1. The fourth-order valence-electron chi connectivity index (χ4n) is 2.86. The highest BCUT2D eigenvalue weighted by atomic mass is 79.9. The van der Waals surface area contributed by atoms with Crippen molar-refractivity contribution in [2.75, 3.05) is 0 Å². The Balaban J connectivity index is 1.77. The fraction of sp³-hybridized carbons (Fsp3) is 0.0556. The summed E-state index contributed by atoms with van der Waals surface area (Å²) in [6, 6.07) is 15.3. The topological polar surface area (TPSA) is 116 Å². The maximum atomic E-state index is 13.0. The number of H-pyrrole nitrogens is 2. The first kappa shape index (κ1) is 17.1.